The van der Waals surface area contributed by atoms with Gasteiger partial charge in [0.15, 0.2) is 5.78 Å². The van der Waals surface area contributed by atoms with Gasteiger partial charge in [-0.25, -0.2) is 4.39 Å². The molecule has 1 aliphatic rings. The van der Waals surface area contributed by atoms with Crippen LogP contribution in [0.1, 0.15) is 106 Å². The molecule has 3 rings (SSSR count). The van der Waals surface area contributed by atoms with Crippen LogP contribution in [-0.2, 0) is 14.9 Å². The Balaban J connectivity index is 1.70. The third-order valence-electron chi connectivity index (χ3n) is 7.93. The summed E-state index contributed by atoms with van der Waals surface area (Å²) in [5, 5.41) is 12.6. The summed E-state index contributed by atoms with van der Waals surface area (Å²) in [6.45, 7) is 8.88. The number of Topliss-reactive ketones (excluding diaryl/α,β-unsaturated/α-hetero) is 1. The van der Waals surface area contributed by atoms with Crippen molar-refractivity contribution >= 4 is 11.8 Å². The maximum atomic E-state index is 16.0. The molecule has 0 N–H and O–H groups in total. The number of rotatable bonds is 18. The first-order valence-corrected chi connectivity index (χ1v) is 15.5. The van der Waals surface area contributed by atoms with Gasteiger partial charge in [0.1, 0.15) is 17.0 Å². The van der Waals surface area contributed by atoms with Crippen molar-refractivity contribution < 1.29 is 28.6 Å². The number of hydrogen-bond acceptors (Lipinski definition) is 5. The van der Waals surface area contributed by atoms with E-state index >= 15 is 4.39 Å². The third-order valence-corrected chi connectivity index (χ3v) is 7.93. The van der Waals surface area contributed by atoms with Gasteiger partial charge in [0.25, 0.3) is 0 Å². The summed E-state index contributed by atoms with van der Waals surface area (Å²) < 4.78 is 27.4. The number of halogens is 1. The number of ether oxygens (including phenoxy) is 2. The summed E-state index contributed by atoms with van der Waals surface area (Å²) in [6, 6.07) is 13.8. The molecule has 5 nitrogen and oxygen atoms in total. The van der Waals surface area contributed by atoms with Gasteiger partial charge in [-0.1, -0.05) is 101 Å². The lowest BCUT2D eigenvalue weighted by atomic mass is 9.71. The SMILES string of the molecule is CCCCCCCCCOc1ccc(C2C=CC(C(=O)[O-])(c3ccccc3C(=O)C(C)CCOC(C)C)C(F)=C2)cc1. The van der Waals surface area contributed by atoms with Gasteiger partial charge >= 0.3 is 0 Å². The highest BCUT2D eigenvalue weighted by Crippen LogP contribution is 2.43. The van der Waals surface area contributed by atoms with Crippen LogP contribution in [0.4, 0.5) is 4.39 Å². The van der Waals surface area contributed by atoms with Crippen molar-refractivity contribution in [2.75, 3.05) is 13.2 Å². The fourth-order valence-corrected chi connectivity index (χ4v) is 5.33. The minimum absolute atomic E-state index is 0.0409. The molecule has 1 aliphatic carbocycles. The minimum atomic E-state index is -2.18. The molecule has 3 unspecified atom stereocenters. The molecule has 0 radical (unpaired) electrons. The van der Waals surface area contributed by atoms with Crippen molar-refractivity contribution in [3.8, 4) is 5.75 Å². The zero-order valence-electron chi connectivity index (χ0n) is 25.6. The molecule has 228 valence electrons. The maximum Gasteiger partial charge on any atom is 0.166 e. The number of carbonyl (C=O) groups excluding carboxylic acids is 2. The number of benzene rings is 2. The molecule has 42 heavy (non-hydrogen) atoms. The van der Waals surface area contributed by atoms with Crippen molar-refractivity contribution in [1.29, 1.82) is 0 Å². The Morgan fingerprint density at radius 1 is 0.929 bits per heavy atom. The molecule has 2 aromatic rings. The molecule has 0 fully saturated rings. The highest BCUT2D eigenvalue weighted by atomic mass is 19.1. The average Bonchev–Trinajstić information content (AvgIpc) is 2.98. The molecule has 0 aliphatic heterocycles. The largest absolute Gasteiger partial charge is 0.548 e. The molecule has 0 spiro atoms. The van der Waals surface area contributed by atoms with Gasteiger partial charge in [0.05, 0.1) is 18.7 Å². The second-order valence-electron chi connectivity index (χ2n) is 11.6. The first-order chi connectivity index (χ1) is 20.2. The van der Waals surface area contributed by atoms with E-state index in [1.807, 2.05) is 38.1 Å². The summed E-state index contributed by atoms with van der Waals surface area (Å²) in [5.74, 6) is -2.89. The van der Waals surface area contributed by atoms with Gasteiger partial charge in [0.2, 0.25) is 0 Å². The van der Waals surface area contributed by atoms with Crippen LogP contribution in [0, 0.1) is 5.92 Å². The number of carboxylic acid groups (broad SMARTS) is 1. The van der Waals surface area contributed by atoms with Crippen LogP contribution in [0.25, 0.3) is 0 Å². The summed E-state index contributed by atoms with van der Waals surface area (Å²) in [4.78, 5) is 26.0. The van der Waals surface area contributed by atoms with Gasteiger partial charge in [-0.05, 0) is 56.0 Å². The maximum absolute atomic E-state index is 16.0. The first-order valence-electron chi connectivity index (χ1n) is 15.5. The average molecular weight is 578 g/mol. The molecule has 3 atom stereocenters. The third kappa shape index (κ3) is 8.64. The second-order valence-corrected chi connectivity index (χ2v) is 11.6. The number of ketones is 1. The Bertz CT molecular complexity index is 1220. The molecule has 0 saturated heterocycles. The van der Waals surface area contributed by atoms with Crippen LogP contribution in [0.3, 0.4) is 0 Å². The second kappa shape index (κ2) is 16.4. The lowest BCUT2D eigenvalue weighted by molar-refractivity contribution is -0.310. The molecule has 0 aromatic heterocycles. The van der Waals surface area contributed by atoms with Crippen LogP contribution in [-0.4, -0.2) is 31.1 Å². The Morgan fingerprint density at radius 3 is 2.24 bits per heavy atom. The van der Waals surface area contributed by atoms with E-state index in [9.17, 15) is 14.7 Å². The van der Waals surface area contributed by atoms with Crippen molar-refractivity contribution in [2.24, 2.45) is 5.92 Å². The monoisotopic (exact) mass is 577 g/mol. The Labute approximate surface area is 250 Å². The van der Waals surface area contributed by atoms with Gasteiger partial charge in [0, 0.05) is 24.0 Å². The standard InChI is InChI=1S/C36H47FO5/c1-5-6-7-8-9-10-13-23-42-30-18-16-28(17-19-30)29-20-22-36(35(39)40,33(37)25-29)32-15-12-11-14-31(32)34(38)27(4)21-24-41-26(2)3/h11-12,14-20,22,25-27,29H,5-10,13,21,23-24H2,1-4H3,(H,39,40)/p-1. The number of unbranched alkanes of at least 4 members (excludes halogenated alkanes) is 6. The van der Waals surface area contributed by atoms with Crippen LogP contribution in [0.5, 0.6) is 5.75 Å². The Hall–Kier alpha value is -3.25. The van der Waals surface area contributed by atoms with Crippen molar-refractivity contribution in [2.45, 2.75) is 96.5 Å². The molecule has 0 saturated carbocycles. The highest BCUT2D eigenvalue weighted by molar-refractivity contribution is 6.02. The van der Waals surface area contributed by atoms with E-state index in [1.165, 1.54) is 50.3 Å². The van der Waals surface area contributed by atoms with Gasteiger partial charge in [-0.2, -0.15) is 0 Å². The van der Waals surface area contributed by atoms with Crippen molar-refractivity contribution in [3.63, 3.8) is 0 Å². The molecular weight excluding hydrogens is 531 g/mol. The predicted molar refractivity (Wildman–Crippen MR) is 163 cm³/mol. The lowest BCUT2D eigenvalue weighted by Gasteiger charge is -2.36. The summed E-state index contributed by atoms with van der Waals surface area (Å²) >= 11 is 0. The number of carboxylic acids is 1. The molecule has 0 amide bonds. The number of hydrogen-bond donors (Lipinski definition) is 0. The van der Waals surface area contributed by atoms with E-state index in [0.29, 0.717) is 19.6 Å². The summed E-state index contributed by atoms with van der Waals surface area (Å²) in [6.07, 6.45) is 13.3. The zero-order valence-corrected chi connectivity index (χ0v) is 25.6. The molecular formula is C36H46FO5-. The molecule has 0 heterocycles. The van der Waals surface area contributed by atoms with E-state index in [1.54, 1.807) is 31.2 Å². The topological polar surface area (TPSA) is 75.7 Å². The van der Waals surface area contributed by atoms with E-state index in [2.05, 4.69) is 6.92 Å². The first kappa shape index (κ1) is 33.3. The van der Waals surface area contributed by atoms with E-state index in [0.717, 1.165) is 24.2 Å². The highest BCUT2D eigenvalue weighted by Gasteiger charge is 2.42. The smallest absolute Gasteiger partial charge is 0.166 e. The summed E-state index contributed by atoms with van der Waals surface area (Å²) in [5.41, 5.74) is -1.13. The zero-order chi connectivity index (χ0) is 30.5. The van der Waals surface area contributed by atoms with Crippen LogP contribution < -0.4 is 9.84 Å². The van der Waals surface area contributed by atoms with Gasteiger partial charge in [-0.3, -0.25) is 4.79 Å². The van der Waals surface area contributed by atoms with Gasteiger partial charge < -0.3 is 19.4 Å². The molecule has 6 heteroatoms. The van der Waals surface area contributed by atoms with E-state index in [-0.39, 0.29) is 23.0 Å². The number of carbonyl (C=O) groups is 2. The summed E-state index contributed by atoms with van der Waals surface area (Å²) in [7, 11) is 0. The van der Waals surface area contributed by atoms with Crippen LogP contribution in [0.2, 0.25) is 0 Å². The molecule has 2 aromatic carbocycles. The number of aliphatic carboxylic acids is 1. The Kier molecular flexibility index (Phi) is 13.0. The van der Waals surface area contributed by atoms with E-state index < -0.39 is 29.0 Å². The van der Waals surface area contributed by atoms with Crippen LogP contribution in [0.15, 0.2) is 72.6 Å². The van der Waals surface area contributed by atoms with E-state index in [4.69, 9.17) is 9.47 Å². The fraction of sp³-hybridized carbons (Fsp3) is 0.500. The fourth-order valence-electron chi connectivity index (χ4n) is 5.33. The Morgan fingerprint density at radius 2 is 1.60 bits per heavy atom. The van der Waals surface area contributed by atoms with Crippen molar-refractivity contribution in [1.82, 2.24) is 0 Å². The predicted octanol–water partition coefficient (Wildman–Crippen LogP) is 7.64. The quantitative estimate of drug-likeness (QED) is 0.103. The van der Waals surface area contributed by atoms with Crippen LogP contribution >= 0.6 is 0 Å². The lowest BCUT2D eigenvalue weighted by Crippen LogP contribution is -2.47. The normalized spacial score (nSPS) is 19.0. The molecule has 0 bridgehead atoms. The van der Waals surface area contributed by atoms with Crippen molar-refractivity contribution in [3.05, 3.63) is 89.3 Å². The number of allylic oxidation sites excluding steroid dienone is 2. The minimum Gasteiger partial charge on any atom is -0.548 e. The van der Waals surface area contributed by atoms with Gasteiger partial charge in [-0.15, -0.1) is 0 Å².